The number of tetrazole rings is 1. The van der Waals surface area contributed by atoms with Crippen molar-refractivity contribution in [1.29, 1.82) is 0 Å². The van der Waals surface area contributed by atoms with E-state index < -0.39 is 11.9 Å². The van der Waals surface area contributed by atoms with Crippen molar-refractivity contribution in [3.05, 3.63) is 5.82 Å². The highest BCUT2D eigenvalue weighted by Gasteiger charge is 2.33. The summed E-state index contributed by atoms with van der Waals surface area (Å²) < 4.78 is 0. The molecule has 1 heterocycles. The van der Waals surface area contributed by atoms with Gasteiger partial charge < -0.3 is 10.4 Å². The monoisotopic (exact) mass is 239 g/mol. The minimum atomic E-state index is -0.821. The molecule has 17 heavy (non-hydrogen) atoms. The van der Waals surface area contributed by atoms with Crippen LogP contribution in [0.25, 0.3) is 0 Å². The molecule has 2 unspecified atom stereocenters. The SMILES string of the molecule is O=C(O)C1CCC(C(=O)NCc2nn[nH]n2)C1. The van der Waals surface area contributed by atoms with Crippen LogP contribution in [-0.2, 0) is 16.1 Å². The van der Waals surface area contributed by atoms with Crippen LogP contribution in [0.15, 0.2) is 0 Å². The molecule has 0 spiro atoms. The number of rotatable bonds is 4. The molecule has 1 aliphatic carbocycles. The third-order valence-corrected chi connectivity index (χ3v) is 2.96. The average molecular weight is 239 g/mol. The number of nitrogens with zero attached hydrogens (tertiary/aromatic N) is 3. The molecule has 0 saturated heterocycles. The lowest BCUT2D eigenvalue weighted by Gasteiger charge is -2.08. The molecule has 1 aromatic heterocycles. The van der Waals surface area contributed by atoms with Gasteiger partial charge in [0.15, 0.2) is 5.82 Å². The molecular weight excluding hydrogens is 226 g/mol. The minimum absolute atomic E-state index is 0.140. The summed E-state index contributed by atoms with van der Waals surface area (Å²) in [6.07, 6.45) is 1.60. The normalized spacial score (nSPS) is 23.5. The Labute approximate surface area is 96.8 Å². The van der Waals surface area contributed by atoms with Crippen LogP contribution in [0.3, 0.4) is 0 Å². The zero-order valence-electron chi connectivity index (χ0n) is 9.09. The summed E-state index contributed by atoms with van der Waals surface area (Å²) in [7, 11) is 0. The number of H-pyrrole nitrogens is 1. The standard InChI is InChI=1S/C9H13N5O3/c15-8(10-4-7-11-13-14-12-7)5-1-2-6(3-5)9(16)17/h5-6H,1-4H2,(H,10,15)(H,16,17)(H,11,12,13,14). The number of carbonyl (C=O) groups excluding carboxylic acids is 1. The zero-order valence-corrected chi connectivity index (χ0v) is 9.09. The lowest BCUT2D eigenvalue weighted by molar-refractivity contribution is -0.141. The van der Waals surface area contributed by atoms with Gasteiger partial charge in [-0.3, -0.25) is 9.59 Å². The van der Waals surface area contributed by atoms with E-state index >= 15 is 0 Å². The molecule has 0 bridgehead atoms. The molecule has 3 N–H and O–H groups in total. The number of amides is 1. The molecule has 0 aromatic carbocycles. The van der Waals surface area contributed by atoms with E-state index in [9.17, 15) is 9.59 Å². The Kier molecular flexibility index (Phi) is 3.31. The van der Waals surface area contributed by atoms with E-state index in [1.54, 1.807) is 0 Å². The number of aliphatic carboxylic acids is 1. The predicted octanol–water partition coefficient (Wildman–Crippen LogP) is -0.683. The summed E-state index contributed by atoms with van der Waals surface area (Å²) in [5.74, 6) is -1.16. The van der Waals surface area contributed by atoms with Gasteiger partial charge in [0.1, 0.15) is 0 Å². The van der Waals surface area contributed by atoms with E-state index in [1.165, 1.54) is 0 Å². The van der Waals surface area contributed by atoms with Crippen LogP contribution in [0.5, 0.6) is 0 Å². The first-order valence-corrected chi connectivity index (χ1v) is 5.39. The summed E-state index contributed by atoms with van der Waals surface area (Å²) in [5.41, 5.74) is 0. The Hall–Kier alpha value is -1.99. The summed E-state index contributed by atoms with van der Waals surface area (Å²) >= 11 is 0. The second-order valence-electron chi connectivity index (χ2n) is 4.09. The molecule has 1 saturated carbocycles. The van der Waals surface area contributed by atoms with E-state index in [-0.39, 0.29) is 18.4 Å². The molecule has 0 aliphatic heterocycles. The van der Waals surface area contributed by atoms with Gasteiger partial charge in [0.25, 0.3) is 0 Å². The fourth-order valence-corrected chi connectivity index (χ4v) is 2.01. The Morgan fingerprint density at radius 2 is 2.18 bits per heavy atom. The van der Waals surface area contributed by atoms with Crippen molar-refractivity contribution >= 4 is 11.9 Å². The van der Waals surface area contributed by atoms with Gasteiger partial charge in [0, 0.05) is 5.92 Å². The van der Waals surface area contributed by atoms with Crippen molar-refractivity contribution in [2.24, 2.45) is 11.8 Å². The second-order valence-corrected chi connectivity index (χ2v) is 4.09. The maximum atomic E-state index is 11.7. The van der Waals surface area contributed by atoms with Crippen molar-refractivity contribution in [3.63, 3.8) is 0 Å². The molecule has 2 rings (SSSR count). The van der Waals surface area contributed by atoms with Gasteiger partial charge in [0.2, 0.25) is 5.91 Å². The van der Waals surface area contributed by atoms with Crippen molar-refractivity contribution in [2.75, 3.05) is 0 Å². The third kappa shape index (κ3) is 2.77. The quantitative estimate of drug-likeness (QED) is 0.640. The van der Waals surface area contributed by atoms with Crippen LogP contribution in [0.2, 0.25) is 0 Å². The highest BCUT2D eigenvalue weighted by molar-refractivity contribution is 5.80. The Bertz CT molecular complexity index is 405. The number of hydrogen-bond donors (Lipinski definition) is 3. The van der Waals surface area contributed by atoms with Gasteiger partial charge in [-0.1, -0.05) is 5.21 Å². The summed E-state index contributed by atoms with van der Waals surface area (Å²) in [5, 5.41) is 24.6. The summed E-state index contributed by atoms with van der Waals surface area (Å²) in [4.78, 5) is 22.5. The first-order chi connectivity index (χ1) is 8.16. The highest BCUT2D eigenvalue weighted by atomic mass is 16.4. The molecular formula is C9H13N5O3. The van der Waals surface area contributed by atoms with E-state index in [1.807, 2.05) is 0 Å². The van der Waals surface area contributed by atoms with Crippen molar-refractivity contribution in [1.82, 2.24) is 25.9 Å². The van der Waals surface area contributed by atoms with Crippen LogP contribution in [0.1, 0.15) is 25.1 Å². The zero-order chi connectivity index (χ0) is 12.3. The first kappa shape index (κ1) is 11.5. The van der Waals surface area contributed by atoms with Crippen LogP contribution >= 0.6 is 0 Å². The number of nitrogens with one attached hydrogen (secondary N) is 2. The highest BCUT2D eigenvalue weighted by Crippen LogP contribution is 2.31. The van der Waals surface area contributed by atoms with E-state index in [2.05, 4.69) is 25.9 Å². The van der Waals surface area contributed by atoms with Gasteiger partial charge in [-0.15, -0.1) is 10.2 Å². The average Bonchev–Trinajstić information content (AvgIpc) is 2.96. The fourth-order valence-electron chi connectivity index (χ4n) is 2.01. The fraction of sp³-hybridized carbons (Fsp3) is 0.667. The van der Waals surface area contributed by atoms with Gasteiger partial charge in [-0.25, -0.2) is 0 Å². The summed E-state index contributed by atoms with van der Waals surface area (Å²) in [6, 6.07) is 0. The number of aromatic nitrogens is 4. The maximum absolute atomic E-state index is 11.7. The van der Waals surface area contributed by atoms with Crippen LogP contribution in [0, 0.1) is 11.8 Å². The largest absolute Gasteiger partial charge is 0.481 e. The van der Waals surface area contributed by atoms with Gasteiger partial charge >= 0.3 is 5.97 Å². The van der Waals surface area contributed by atoms with Crippen LogP contribution in [0.4, 0.5) is 0 Å². The topological polar surface area (TPSA) is 121 Å². The molecule has 1 fully saturated rings. The molecule has 1 aliphatic rings. The van der Waals surface area contributed by atoms with E-state index in [4.69, 9.17) is 5.11 Å². The van der Waals surface area contributed by atoms with Crippen LogP contribution in [-0.4, -0.2) is 37.6 Å². The molecule has 8 nitrogen and oxygen atoms in total. The Morgan fingerprint density at radius 1 is 1.41 bits per heavy atom. The minimum Gasteiger partial charge on any atom is -0.481 e. The number of carboxylic acids is 1. The van der Waals surface area contributed by atoms with Crippen molar-refractivity contribution < 1.29 is 14.7 Å². The molecule has 2 atom stereocenters. The lowest BCUT2D eigenvalue weighted by atomic mass is 10.0. The van der Waals surface area contributed by atoms with Gasteiger partial charge in [-0.05, 0) is 19.3 Å². The lowest BCUT2D eigenvalue weighted by Crippen LogP contribution is -2.29. The predicted molar refractivity (Wildman–Crippen MR) is 54.5 cm³/mol. The van der Waals surface area contributed by atoms with Gasteiger partial charge in [0.05, 0.1) is 12.5 Å². The summed E-state index contributed by atoms with van der Waals surface area (Å²) in [6.45, 7) is 0.212. The second kappa shape index (κ2) is 4.89. The smallest absolute Gasteiger partial charge is 0.306 e. The number of carbonyl (C=O) groups is 2. The number of carboxylic acid groups (broad SMARTS) is 1. The van der Waals surface area contributed by atoms with Crippen molar-refractivity contribution in [2.45, 2.75) is 25.8 Å². The Morgan fingerprint density at radius 3 is 2.76 bits per heavy atom. The first-order valence-electron chi connectivity index (χ1n) is 5.39. The molecule has 8 heteroatoms. The number of aromatic amines is 1. The van der Waals surface area contributed by atoms with Crippen molar-refractivity contribution in [3.8, 4) is 0 Å². The van der Waals surface area contributed by atoms with E-state index in [0.29, 0.717) is 25.1 Å². The molecule has 1 aromatic rings. The van der Waals surface area contributed by atoms with E-state index in [0.717, 1.165) is 0 Å². The van der Waals surface area contributed by atoms with Gasteiger partial charge in [-0.2, -0.15) is 5.21 Å². The molecule has 0 radical (unpaired) electrons. The molecule has 1 amide bonds. The third-order valence-electron chi connectivity index (χ3n) is 2.96. The number of hydrogen-bond acceptors (Lipinski definition) is 5. The maximum Gasteiger partial charge on any atom is 0.306 e. The Balaban J connectivity index is 1.79. The van der Waals surface area contributed by atoms with Crippen LogP contribution < -0.4 is 5.32 Å². The molecule has 92 valence electrons.